The first-order valence-electron chi connectivity index (χ1n) is 10.5. The molecule has 0 amide bonds. The largest absolute Gasteiger partial charge is 0.381 e. The summed E-state index contributed by atoms with van der Waals surface area (Å²) in [6.45, 7) is 6.17. The van der Waals surface area contributed by atoms with Crippen LogP contribution < -0.4 is 10.6 Å². The minimum Gasteiger partial charge on any atom is -0.381 e. The zero-order valence-corrected chi connectivity index (χ0v) is 17.9. The van der Waals surface area contributed by atoms with E-state index in [0.717, 1.165) is 57.6 Å². The molecule has 1 aromatic rings. The van der Waals surface area contributed by atoms with E-state index in [9.17, 15) is 0 Å². The molecule has 8 heteroatoms. The fraction of sp³-hybridized carbons (Fsp3) is 0.800. The topological polar surface area (TPSA) is 70.0 Å². The molecule has 8 nitrogen and oxygen atoms in total. The molecule has 0 aliphatic carbocycles. The number of ether oxygens (including phenoxy) is 1. The smallest absolute Gasteiger partial charge is 0.191 e. The second-order valence-electron chi connectivity index (χ2n) is 8.33. The highest BCUT2D eigenvalue weighted by molar-refractivity contribution is 5.80. The summed E-state index contributed by atoms with van der Waals surface area (Å²) in [5.41, 5.74) is 1.21. The fourth-order valence-electron chi connectivity index (χ4n) is 4.14. The van der Waals surface area contributed by atoms with Crippen LogP contribution >= 0.6 is 0 Å². The van der Waals surface area contributed by atoms with Gasteiger partial charge in [-0.05, 0) is 39.3 Å². The number of guanidine groups is 1. The summed E-state index contributed by atoms with van der Waals surface area (Å²) >= 11 is 0. The molecule has 3 rings (SSSR count). The molecule has 0 spiro atoms. The number of rotatable bonds is 7. The Morgan fingerprint density at radius 3 is 2.71 bits per heavy atom. The lowest BCUT2D eigenvalue weighted by Crippen LogP contribution is -2.50. The molecule has 2 aliphatic rings. The maximum absolute atomic E-state index is 5.51. The van der Waals surface area contributed by atoms with Crippen molar-refractivity contribution in [3.05, 3.63) is 18.0 Å². The normalized spacial score (nSPS) is 23.3. The Kier molecular flexibility index (Phi) is 7.70. The molecule has 0 saturated carbocycles. The third-order valence-electron chi connectivity index (χ3n) is 5.89. The molecule has 1 aromatic heterocycles. The first-order valence-corrected chi connectivity index (χ1v) is 10.5. The van der Waals surface area contributed by atoms with Crippen molar-refractivity contribution in [2.75, 3.05) is 60.5 Å². The Bertz CT molecular complexity index is 616. The van der Waals surface area contributed by atoms with Crippen LogP contribution in [0, 0.1) is 5.92 Å². The van der Waals surface area contributed by atoms with Crippen molar-refractivity contribution in [2.45, 2.75) is 31.3 Å². The molecule has 2 fully saturated rings. The Labute approximate surface area is 169 Å². The number of aryl methyl sites for hydroxylation is 1. The van der Waals surface area contributed by atoms with E-state index in [2.05, 4.69) is 50.8 Å². The highest BCUT2D eigenvalue weighted by Crippen LogP contribution is 2.18. The third kappa shape index (κ3) is 5.93. The second kappa shape index (κ2) is 10.2. The summed E-state index contributed by atoms with van der Waals surface area (Å²) in [4.78, 5) is 9.25. The highest BCUT2D eigenvalue weighted by atomic mass is 16.5. The van der Waals surface area contributed by atoms with Crippen LogP contribution in [0.1, 0.15) is 30.9 Å². The van der Waals surface area contributed by atoms with Gasteiger partial charge < -0.3 is 25.2 Å². The van der Waals surface area contributed by atoms with Crippen LogP contribution in [-0.2, 0) is 11.8 Å². The van der Waals surface area contributed by atoms with Crippen LogP contribution in [0.5, 0.6) is 0 Å². The first-order chi connectivity index (χ1) is 13.5. The van der Waals surface area contributed by atoms with E-state index in [4.69, 9.17) is 4.74 Å². The maximum atomic E-state index is 5.51. The Morgan fingerprint density at radius 1 is 1.36 bits per heavy atom. The van der Waals surface area contributed by atoms with Gasteiger partial charge in [0.05, 0.1) is 18.8 Å². The molecule has 2 atom stereocenters. The third-order valence-corrected chi connectivity index (χ3v) is 5.89. The standard InChI is InChI=1S/C20H37N7O/c1-21-20(22-12-19(25(2)3)17-11-23-26(4)14-17)24-18-5-8-27(9-6-18)13-16-7-10-28-15-16/h11,14,16,18-19H,5-10,12-13,15H2,1-4H3,(H2,21,22,24). The van der Waals surface area contributed by atoms with E-state index in [-0.39, 0.29) is 6.04 Å². The molecular formula is C20H37N7O. The Hall–Kier alpha value is -1.64. The summed E-state index contributed by atoms with van der Waals surface area (Å²) in [5.74, 6) is 1.62. The number of nitrogens with zero attached hydrogens (tertiary/aromatic N) is 5. The monoisotopic (exact) mass is 391 g/mol. The lowest BCUT2D eigenvalue weighted by molar-refractivity contribution is 0.150. The van der Waals surface area contributed by atoms with E-state index in [1.165, 1.54) is 18.5 Å². The SMILES string of the molecule is CN=C(NCC(c1cnn(C)c1)N(C)C)NC1CCN(CC2CCOC2)CC1. The second-order valence-corrected chi connectivity index (χ2v) is 8.33. The van der Waals surface area contributed by atoms with E-state index >= 15 is 0 Å². The Morgan fingerprint density at radius 2 is 2.14 bits per heavy atom. The van der Waals surface area contributed by atoms with Gasteiger partial charge in [-0.2, -0.15) is 5.10 Å². The zero-order chi connectivity index (χ0) is 19.9. The number of likely N-dealkylation sites (N-methyl/N-ethyl adjacent to an activating group) is 1. The summed E-state index contributed by atoms with van der Waals surface area (Å²) in [5, 5.41) is 11.4. The van der Waals surface area contributed by atoms with Crippen molar-refractivity contribution >= 4 is 5.96 Å². The van der Waals surface area contributed by atoms with Crippen LogP contribution in [0.2, 0.25) is 0 Å². The molecule has 2 unspecified atom stereocenters. The molecule has 28 heavy (non-hydrogen) atoms. The minimum absolute atomic E-state index is 0.253. The fourth-order valence-corrected chi connectivity index (χ4v) is 4.14. The molecular weight excluding hydrogens is 354 g/mol. The summed E-state index contributed by atoms with van der Waals surface area (Å²) < 4.78 is 7.36. The van der Waals surface area contributed by atoms with Gasteiger partial charge in [0.25, 0.3) is 0 Å². The molecule has 158 valence electrons. The molecule has 0 bridgehead atoms. The van der Waals surface area contributed by atoms with Crippen molar-refractivity contribution in [3.8, 4) is 0 Å². The van der Waals surface area contributed by atoms with E-state index in [1.54, 1.807) is 0 Å². The predicted octanol–water partition coefficient (Wildman–Crippen LogP) is 0.689. The molecule has 0 aromatic carbocycles. The number of aromatic nitrogens is 2. The van der Waals surface area contributed by atoms with E-state index < -0.39 is 0 Å². The lowest BCUT2D eigenvalue weighted by atomic mass is 10.0. The van der Waals surface area contributed by atoms with Gasteiger partial charge in [0.2, 0.25) is 0 Å². The summed E-state index contributed by atoms with van der Waals surface area (Å²) in [6.07, 6.45) is 7.56. The van der Waals surface area contributed by atoms with Gasteiger partial charge in [-0.3, -0.25) is 9.67 Å². The average Bonchev–Trinajstić information content (AvgIpc) is 3.34. The van der Waals surface area contributed by atoms with Crippen molar-refractivity contribution in [3.63, 3.8) is 0 Å². The number of aliphatic imine (C=N–C) groups is 1. The van der Waals surface area contributed by atoms with Crippen molar-refractivity contribution in [1.82, 2.24) is 30.2 Å². The quantitative estimate of drug-likeness (QED) is 0.526. The van der Waals surface area contributed by atoms with Gasteiger partial charge in [0.1, 0.15) is 0 Å². The summed E-state index contributed by atoms with van der Waals surface area (Å²) in [7, 11) is 8.00. The van der Waals surface area contributed by atoms with Crippen molar-refractivity contribution < 1.29 is 4.74 Å². The number of hydrogen-bond donors (Lipinski definition) is 2. The van der Waals surface area contributed by atoms with Gasteiger partial charge in [0.15, 0.2) is 5.96 Å². The number of piperidine rings is 1. The van der Waals surface area contributed by atoms with E-state index in [1.807, 2.05) is 25.0 Å². The molecule has 0 radical (unpaired) electrons. The first kappa shape index (κ1) is 21.1. The van der Waals surface area contributed by atoms with Crippen LogP contribution in [0.3, 0.4) is 0 Å². The van der Waals surface area contributed by atoms with Crippen LogP contribution in [-0.4, -0.2) is 92.1 Å². The maximum Gasteiger partial charge on any atom is 0.191 e. The molecule has 3 heterocycles. The Balaban J connectivity index is 1.43. The number of likely N-dealkylation sites (tertiary alicyclic amines) is 1. The van der Waals surface area contributed by atoms with Crippen molar-refractivity contribution in [2.24, 2.45) is 18.0 Å². The minimum atomic E-state index is 0.253. The van der Waals surface area contributed by atoms with Gasteiger partial charge in [0, 0.05) is 64.7 Å². The number of hydrogen-bond acceptors (Lipinski definition) is 5. The molecule has 2 saturated heterocycles. The van der Waals surface area contributed by atoms with Crippen LogP contribution in [0.25, 0.3) is 0 Å². The molecule has 2 aliphatic heterocycles. The lowest BCUT2D eigenvalue weighted by Gasteiger charge is -2.34. The van der Waals surface area contributed by atoms with Crippen molar-refractivity contribution in [1.29, 1.82) is 0 Å². The van der Waals surface area contributed by atoms with Crippen LogP contribution in [0.15, 0.2) is 17.4 Å². The van der Waals surface area contributed by atoms with Crippen LogP contribution in [0.4, 0.5) is 0 Å². The summed E-state index contributed by atoms with van der Waals surface area (Å²) in [6, 6.07) is 0.737. The van der Waals surface area contributed by atoms with E-state index in [0.29, 0.717) is 6.04 Å². The highest BCUT2D eigenvalue weighted by Gasteiger charge is 2.24. The average molecular weight is 392 g/mol. The molecule has 2 N–H and O–H groups in total. The van der Waals surface area contributed by atoms with Gasteiger partial charge in [-0.1, -0.05) is 0 Å². The predicted molar refractivity (Wildman–Crippen MR) is 113 cm³/mol. The van der Waals surface area contributed by atoms with Gasteiger partial charge in [-0.25, -0.2) is 0 Å². The zero-order valence-electron chi connectivity index (χ0n) is 17.9. The van der Waals surface area contributed by atoms with Gasteiger partial charge >= 0.3 is 0 Å². The van der Waals surface area contributed by atoms with Gasteiger partial charge in [-0.15, -0.1) is 0 Å². The number of nitrogens with one attached hydrogen (secondary N) is 2.